The molecule has 0 unspecified atom stereocenters. The fourth-order valence-electron chi connectivity index (χ4n) is 1.18. The minimum Gasteiger partial charge on any atom is -0.465 e. The molecule has 1 amide bonds. The van der Waals surface area contributed by atoms with E-state index in [9.17, 15) is 4.79 Å². The number of β-amino-alcohol motifs (C(OH)–C–C–N with tert-alkyl or cyclic N) is 1. The number of aliphatic hydroxyl groups is 1. The highest BCUT2D eigenvalue weighted by Crippen LogP contribution is 2.16. The number of hydrogen-bond donors (Lipinski definition) is 2. The van der Waals surface area contributed by atoms with E-state index in [0.29, 0.717) is 6.42 Å². The van der Waals surface area contributed by atoms with Crippen LogP contribution in [0.1, 0.15) is 6.42 Å². The first-order valence-corrected chi connectivity index (χ1v) is 3.29. The average Bonchev–Trinajstić information content (AvgIpc) is 2.30. The summed E-state index contributed by atoms with van der Waals surface area (Å²) < 4.78 is 0. The minimum absolute atomic E-state index is 0.129. The Balaban J connectivity index is 2.67. The maximum atomic E-state index is 10.4. The maximum Gasteiger partial charge on any atom is 0.408 e. The number of amides is 1. The Morgan fingerprint density at radius 3 is 2.73 bits per heavy atom. The number of hydrogen-bond acceptors (Lipinski definition) is 2. The van der Waals surface area contributed by atoms with Gasteiger partial charge in [-0.15, -0.1) is 6.42 Å². The van der Waals surface area contributed by atoms with Crippen molar-refractivity contribution >= 4 is 6.09 Å². The van der Waals surface area contributed by atoms with Crippen LogP contribution in [-0.2, 0) is 0 Å². The molecule has 2 atom stereocenters. The molecule has 1 fully saturated rings. The number of terminal acetylenes is 1. The molecule has 1 aliphatic heterocycles. The monoisotopic (exact) mass is 155 g/mol. The van der Waals surface area contributed by atoms with Gasteiger partial charge < -0.3 is 10.2 Å². The first kappa shape index (κ1) is 7.89. The molecule has 1 aliphatic rings. The second-order valence-corrected chi connectivity index (χ2v) is 2.51. The first-order valence-electron chi connectivity index (χ1n) is 3.29. The lowest BCUT2D eigenvalue weighted by atomic mass is 10.2. The van der Waals surface area contributed by atoms with E-state index in [-0.39, 0.29) is 6.54 Å². The Kier molecular flexibility index (Phi) is 2.01. The molecule has 11 heavy (non-hydrogen) atoms. The summed E-state index contributed by atoms with van der Waals surface area (Å²) in [5.74, 6) is 2.31. The number of aliphatic hydroxyl groups excluding tert-OH is 1. The summed E-state index contributed by atoms with van der Waals surface area (Å²) in [5, 5.41) is 17.6. The molecule has 0 aromatic carbocycles. The lowest BCUT2D eigenvalue weighted by Crippen LogP contribution is -2.33. The Morgan fingerprint density at radius 2 is 2.36 bits per heavy atom. The molecule has 0 aromatic heterocycles. The largest absolute Gasteiger partial charge is 0.465 e. The molecule has 0 spiro atoms. The van der Waals surface area contributed by atoms with Crippen LogP contribution in [-0.4, -0.2) is 39.9 Å². The third-order valence-corrected chi connectivity index (χ3v) is 1.72. The topological polar surface area (TPSA) is 60.8 Å². The van der Waals surface area contributed by atoms with Crippen molar-refractivity contribution in [2.45, 2.75) is 18.6 Å². The lowest BCUT2D eigenvalue weighted by Gasteiger charge is -2.14. The molecule has 0 saturated carbocycles. The van der Waals surface area contributed by atoms with E-state index in [1.807, 2.05) is 0 Å². The van der Waals surface area contributed by atoms with Gasteiger partial charge in [-0.1, -0.05) is 5.92 Å². The van der Waals surface area contributed by atoms with Crippen LogP contribution in [0.5, 0.6) is 0 Å². The standard InChI is InChI=1S/C7H9NO3/c1-2-5-3-6(9)4-8(5)7(10)11/h1,5-6,9H,3-4H2,(H,10,11)/t5-,6+/m0/s1. The maximum absolute atomic E-state index is 10.4. The van der Waals surface area contributed by atoms with E-state index < -0.39 is 18.2 Å². The summed E-state index contributed by atoms with van der Waals surface area (Å²) in [7, 11) is 0. The molecule has 2 N–H and O–H groups in total. The number of nitrogens with zero attached hydrogens (tertiary/aromatic N) is 1. The molecule has 4 heteroatoms. The zero-order valence-electron chi connectivity index (χ0n) is 5.90. The lowest BCUT2D eigenvalue weighted by molar-refractivity contribution is 0.136. The molecule has 4 nitrogen and oxygen atoms in total. The third kappa shape index (κ3) is 1.44. The van der Waals surface area contributed by atoms with Crippen molar-refractivity contribution in [2.24, 2.45) is 0 Å². The molecule has 0 radical (unpaired) electrons. The van der Waals surface area contributed by atoms with Gasteiger partial charge in [0.25, 0.3) is 0 Å². The summed E-state index contributed by atoms with van der Waals surface area (Å²) in [6.07, 6.45) is 3.74. The van der Waals surface area contributed by atoms with Crippen molar-refractivity contribution in [1.82, 2.24) is 4.90 Å². The third-order valence-electron chi connectivity index (χ3n) is 1.72. The second-order valence-electron chi connectivity index (χ2n) is 2.51. The van der Waals surface area contributed by atoms with E-state index in [4.69, 9.17) is 16.6 Å². The van der Waals surface area contributed by atoms with E-state index in [1.165, 1.54) is 0 Å². The van der Waals surface area contributed by atoms with E-state index in [0.717, 1.165) is 4.90 Å². The SMILES string of the molecule is C#C[C@H]1C[C@@H](O)CN1C(=O)O. The quantitative estimate of drug-likeness (QED) is 0.473. The van der Waals surface area contributed by atoms with Gasteiger partial charge in [-0.05, 0) is 0 Å². The molecule has 0 aliphatic carbocycles. The predicted octanol–water partition coefficient (Wildman–Crippen LogP) is -0.267. The summed E-state index contributed by atoms with van der Waals surface area (Å²) in [5.41, 5.74) is 0. The zero-order valence-corrected chi connectivity index (χ0v) is 5.90. The van der Waals surface area contributed by atoms with Crippen molar-refractivity contribution in [3.05, 3.63) is 0 Å². The van der Waals surface area contributed by atoms with Crippen LogP contribution in [0, 0.1) is 12.3 Å². The Hall–Kier alpha value is -1.21. The first-order chi connectivity index (χ1) is 5.15. The zero-order chi connectivity index (χ0) is 8.43. The second kappa shape index (κ2) is 2.81. The highest BCUT2D eigenvalue weighted by Gasteiger charge is 2.32. The van der Waals surface area contributed by atoms with Crippen LogP contribution in [0.15, 0.2) is 0 Å². The van der Waals surface area contributed by atoms with Crippen molar-refractivity contribution in [3.8, 4) is 12.3 Å². The summed E-state index contributed by atoms with van der Waals surface area (Å²) in [6, 6.07) is -0.456. The van der Waals surface area contributed by atoms with Crippen LogP contribution in [0.4, 0.5) is 4.79 Å². The van der Waals surface area contributed by atoms with Crippen LogP contribution >= 0.6 is 0 Å². The van der Waals surface area contributed by atoms with Crippen LogP contribution < -0.4 is 0 Å². The minimum atomic E-state index is -1.07. The molecule has 1 heterocycles. The molecule has 0 bridgehead atoms. The fourth-order valence-corrected chi connectivity index (χ4v) is 1.18. The highest BCUT2D eigenvalue weighted by molar-refractivity contribution is 5.66. The van der Waals surface area contributed by atoms with Crippen LogP contribution in [0.2, 0.25) is 0 Å². The summed E-state index contributed by atoms with van der Waals surface area (Å²) >= 11 is 0. The normalized spacial score (nSPS) is 30.0. The fraction of sp³-hybridized carbons (Fsp3) is 0.571. The summed E-state index contributed by atoms with van der Waals surface area (Å²) in [4.78, 5) is 11.5. The average molecular weight is 155 g/mol. The molecule has 0 aromatic rings. The molecule has 1 saturated heterocycles. The summed E-state index contributed by atoms with van der Waals surface area (Å²) in [6.45, 7) is 0.129. The van der Waals surface area contributed by atoms with Gasteiger partial charge in [0.1, 0.15) is 0 Å². The Morgan fingerprint density at radius 1 is 1.73 bits per heavy atom. The smallest absolute Gasteiger partial charge is 0.408 e. The van der Waals surface area contributed by atoms with Crippen molar-refractivity contribution in [2.75, 3.05) is 6.54 Å². The number of carbonyl (C=O) groups is 1. The molecular formula is C7H9NO3. The molecule has 60 valence electrons. The van der Waals surface area contributed by atoms with E-state index in [2.05, 4.69) is 5.92 Å². The van der Waals surface area contributed by atoms with Gasteiger partial charge >= 0.3 is 6.09 Å². The van der Waals surface area contributed by atoms with Crippen LogP contribution in [0.25, 0.3) is 0 Å². The molecule has 1 rings (SSSR count). The van der Waals surface area contributed by atoms with Crippen LogP contribution in [0.3, 0.4) is 0 Å². The molecular weight excluding hydrogens is 146 g/mol. The highest BCUT2D eigenvalue weighted by atomic mass is 16.4. The van der Waals surface area contributed by atoms with Gasteiger partial charge in [-0.3, -0.25) is 4.90 Å². The number of likely N-dealkylation sites (tertiary alicyclic amines) is 1. The van der Waals surface area contributed by atoms with Crippen molar-refractivity contribution in [3.63, 3.8) is 0 Å². The van der Waals surface area contributed by atoms with Gasteiger partial charge in [0, 0.05) is 6.42 Å². The Bertz CT molecular complexity index is 208. The van der Waals surface area contributed by atoms with Gasteiger partial charge in [0.2, 0.25) is 0 Å². The number of carboxylic acid groups (broad SMARTS) is 1. The van der Waals surface area contributed by atoms with Gasteiger partial charge in [0.05, 0.1) is 18.7 Å². The van der Waals surface area contributed by atoms with Gasteiger partial charge in [-0.2, -0.15) is 0 Å². The van der Waals surface area contributed by atoms with Crippen molar-refractivity contribution < 1.29 is 15.0 Å². The van der Waals surface area contributed by atoms with Crippen molar-refractivity contribution in [1.29, 1.82) is 0 Å². The Labute approximate surface area is 64.4 Å². The van der Waals surface area contributed by atoms with Gasteiger partial charge in [-0.25, -0.2) is 4.79 Å². The number of rotatable bonds is 0. The van der Waals surface area contributed by atoms with E-state index >= 15 is 0 Å². The van der Waals surface area contributed by atoms with E-state index in [1.54, 1.807) is 0 Å². The van der Waals surface area contributed by atoms with Gasteiger partial charge in [0.15, 0.2) is 0 Å². The predicted molar refractivity (Wildman–Crippen MR) is 38.0 cm³/mol.